The number of nitrogens with zero attached hydrogens (tertiary/aromatic N) is 2. The predicted molar refractivity (Wildman–Crippen MR) is 160 cm³/mol. The van der Waals surface area contributed by atoms with Gasteiger partial charge in [0.15, 0.2) is 5.66 Å². The van der Waals surface area contributed by atoms with E-state index in [1.54, 1.807) is 55.5 Å². The number of amides is 1. The monoisotopic (exact) mass is 671 g/mol. The third-order valence-corrected chi connectivity index (χ3v) is 9.34. The van der Waals surface area contributed by atoms with E-state index in [1.807, 2.05) is 0 Å². The molecule has 2 aliphatic rings. The minimum absolute atomic E-state index is 0.00218. The van der Waals surface area contributed by atoms with Crippen molar-refractivity contribution in [2.45, 2.75) is 30.8 Å². The van der Waals surface area contributed by atoms with E-state index in [0.29, 0.717) is 10.0 Å². The number of hydrogen-bond donors (Lipinski definition) is 3. The molecule has 2 fully saturated rings. The lowest BCUT2D eigenvalue weighted by molar-refractivity contribution is -0.141. The van der Waals surface area contributed by atoms with Crippen molar-refractivity contribution in [3.8, 4) is 5.75 Å². The highest BCUT2D eigenvalue weighted by Crippen LogP contribution is 2.46. The van der Waals surface area contributed by atoms with Gasteiger partial charge in [-0.1, -0.05) is 53.5 Å². The van der Waals surface area contributed by atoms with Gasteiger partial charge in [-0.3, -0.25) is 15.4 Å². The van der Waals surface area contributed by atoms with E-state index in [9.17, 15) is 26.4 Å². The molecule has 2 atom stereocenters. The Morgan fingerprint density at radius 3 is 1.86 bits per heavy atom. The molecule has 4 N–H and O–H groups in total. The highest BCUT2D eigenvalue weighted by atomic mass is 35.5. The zero-order valence-electron chi connectivity index (χ0n) is 23.4. The van der Waals surface area contributed by atoms with Gasteiger partial charge in [-0.25, -0.2) is 5.14 Å². The summed E-state index contributed by atoms with van der Waals surface area (Å²) in [7, 11) is -3.97. The van der Waals surface area contributed by atoms with Crippen molar-refractivity contribution in [1.82, 2.24) is 19.8 Å². The molecule has 2 saturated heterocycles. The summed E-state index contributed by atoms with van der Waals surface area (Å²) >= 11 is 12.3. The zero-order chi connectivity index (χ0) is 31.9. The number of piperazine rings is 1. The van der Waals surface area contributed by atoms with Gasteiger partial charge in [0.25, 0.3) is 16.1 Å². The van der Waals surface area contributed by atoms with Crippen molar-refractivity contribution in [2.75, 3.05) is 32.8 Å². The minimum Gasteiger partial charge on any atom is -0.493 e. The van der Waals surface area contributed by atoms with E-state index in [4.69, 9.17) is 33.1 Å². The lowest BCUT2D eigenvalue weighted by Gasteiger charge is -2.40. The fourth-order valence-corrected chi connectivity index (χ4v) is 6.55. The van der Waals surface area contributed by atoms with Gasteiger partial charge >= 0.3 is 6.18 Å². The van der Waals surface area contributed by atoms with E-state index >= 15 is 0 Å². The molecule has 0 aliphatic carbocycles. The standard InChI is InChI=1S/C29H30Cl2F3N5O4S/c1-2-43-24-17-20(29(32,33)34)7-12-23(24)28(27(40)38-13-15-39(16-14-38)44(35,41)42)36-25(18-3-8-21(30)9-4-18)26(37-28)19-5-10-22(31)11-6-19/h3-12,17,25-26,36-37H,2,13-16H2,1H3,(H2,35,41,42). The van der Waals surface area contributed by atoms with Crippen LogP contribution in [0.2, 0.25) is 10.0 Å². The van der Waals surface area contributed by atoms with Crippen LogP contribution in [0.5, 0.6) is 5.75 Å². The summed E-state index contributed by atoms with van der Waals surface area (Å²) in [6, 6.07) is 15.9. The van der Waals surface area contributed by atoms with Crippen molar-refractivity contribution >= 4 is 39.3 Å². The molecule has 0 radical (unpaired) electrons. The number of carbonyl (C=O) groups is 1. The highest BCUT2D eigenvalue weighted by molar-refractivity contribution is 7.86. The van der Waals surface area contributed by atoms with Crippen LogP contribution in [0.25, 0.3) is 0 Å². The van der Waals surface area contributed by atoms with Gasteiger partial charge in [-0.15, -0.1) is 0 Å². The first kappa shape index (κ1) is 32.5. The van der Waals surface area contributed by atoms with E-state index < -0.39 is 45.6 Å². The summed E-state index contributed by atoms with van der Waals surface area (Å²) in [6.07, 6.45) is -4.65. The van der Waals surface area contributed by atoms with Crippen LogP contribution in [0, 0.1) is 0 Å². The second-order valence-corrected chi connectivity index (χ2v) is 12.9. The van der Waals surface area contributed by atoms with Crippen molar-refractivity contribution in [2.24, 2.45) is 5.14 Å². The molecular weight excluding hydrogens is 642 g/mol. The van der Waals surface area contributed by atoms with Crippen molar-refractivity contribution < 1.29 is 31.1 Å². The SMILES string of the molecule is CCOc1cc(C(F)(F)F)ccc1C1(C(=O)N2CCN(S(N)(=O)=O)CC2)NC(c2ccc(Cl)cc2)C(c2ccc(Cl)cc2)N1. The average molecular weight is 673 g/mol. The van der Waals surface area contributed by atoms with E-state index in [2.05, 4.69) is 10.6 Å². The second kappa shape index (κ2) is 12.5. The summed E-state index contributed by atoms with van der Waals surface area (Å²) in [5, 5.41) is 13.1. The number of benzene rings is 3. The van der Waals surface area contributed by atoms with E-state index in [1.165, 1.54) is 11.0 Å². The number of nitrogens with two attached hydrogens (primary N) is 1. The number of hydrogen-bond acceptors (Lipinski definition) is 6. The molecule has 44 heavy (non-hydrogen) atoms. The molecule has 3 aromatic carbocycles. The third kappa shape index (κ3) is 6.54. The highest BCUT2D eigenvalue weighted by Gasteiger charge is 2.55. The van der Waals surface area contributed by atoms with Crippen LogP contribution >= 0.6 is 23.2 Å². The molecule has 0 spiro atoms. The number of rotatable bonds is 7. The number of ether oxygens (including phenoxy) is 1. The van der Waals surface area contributed by atoms with Gasteiger partial charge in [0.1, 0.15) is 5.75 Å². The topological polar surface area (TPSA) is 117 Å². The maximum atomic E-state index is 14.7. The van der Waals surface area contributed by atoms with Crippen LogP contribution in [-0.2, 0) is 26.8 Å². The molecule has 2 aliphatic heterocycles. The zero-order valence-corrected chi connectivity index (χ0v) is 25.8. The third-order valence-electron chi connectivity index (χ3n) is 7.75. The van der Waals surface area contributed by atoms with Crippen molar-refractivity contribution in [3.05, 3.63) is 99.0 Å². The van der Waals surface area contributed by atoms with Gasteiger partial charge in [-0.2, -0.15) is 25.9 Å². The molecule has 2 heterocycles. The van der Waals surface area contributed by atoms with Gasteiger partial charge in [0, 0.05) is 41.8 Å². The van der Waals surface area contributed by atoms with Crippen LogP contribution in [-0.4, -0.2) is 56.3 Å². The quantitative estimate of drug-likeness (QED) is 0.339. The van der Waals surface area contributed by atoms with Crippen LogP contribution in [0.1, 0.15) is 41.3 Å². The summed E-state index contributed by atoms with van der Waals surface area (Å²) in [5.74, 6) is -0.659. The largest absolute Gasteiger partial charge is 0.493 e. The Balaban J connectivity index is 1.67. The number of alkyl halides is 3. The first-order valence-electron chi connectivity index (χ1n) is 13.7. The van der Waals surface area contributed by atoms with Gasteiger partial charge in [0.05, 0.1) is 24.3 Å². The van der Waals surface area contributed by atoms with Crippen molar-refractivity contribution in [1.29, 1.82) is 0 Å². The molecule has 0 aromatic heterocycles. The summed E-state index contributed by atoms with van der Waals surface area (Å²) < 4.78 is 72.0. The molecule has 0 saturated carbocycles. The predicted octanol–water partition coefficient (Wildman–Crippen LogP) is 4.59. The number of halogens is 5. The number of carbonyl (C=O) groups excluding carboxylic acids is 1. The lowest BCUT2D eigenvalue weighted by Crippen LogP contribution is -2.62. The second-order valence-electron chi connectivity index (χ2n) is 10.5. The molecule has 2 unspecified atom stereocenters. The molecule has 1 amide bonds. The Hall–Kier alpha value is -2.91. The van der Waals surface area contributed by atoms with Crippen LogP contribution < -0.4 is 20.5 Å². The Morgan fingerprint density at radius 1 is 0.932 bits per heavy atom. The fraction of sp³-hybridized carbons (Fsp3) is 0.345. The molecule has 3 aromatic rings. The molecule has 9 nitrogen and oxygen atoms in total. The smallest absolute Gasteiger partial charge is 0.416 e. The van der Waals surface area contributed by atoms with E-state index in [-0.39, 0.29) is 44.1 Å². The average Bonchev–Trinajstić information content (AvgIpc) is 3.38. The van der Waals surface area contributed by atoms with Gasteiger partial charge < -0.3 is 9.64 Å². The van der Waals surface area contributed by atoms with Crippen molar-refractivity contribution in [3.63, 3.8) is 0 Å². The summed E-state index contributed by atoms with van der Waals surface area (Å²) in [4.78, 5) is 16.1. The molecular formula is C29H30Cl2F3N5O4S. The fourth-order valence-electron chi connectivity index (χ4n) is 5.63. The Labute approximate surface area is 263 Å². The first-order chi connectivity index (χ1) is 20.7. The van der Waals surface area contributed by atoms with Gasteiger partial charge in [0.2, 0.25) is 0 Å². The van der Waals surface area contributed by atoms with Crippen LogP contribution in [0.4, 0.5) is 13.2 Å². The Bertz CT molecular complexity index is 1560. The normalized spacial score (nSPS) is 23.1. The molecule has 0 bridgehead atoms. The van der Waals surface area contributed by atoms with Gasteiger partial charge in [-0.05, 0) is 54.4 Å². The minimum atomic E-state index is -4.65. The maximum Gasteiger partial charge on any atom is 0.416 e. The maximum absolute atomic E-state index is 14.7. The Kier molecular flexibility index (Phi) is 9.21. The summed E-state index contributed by atoms with van der Waals surface area (Å²) in [6.45, 7) is 1.57. The lowest BCUT2D eigenvalue weighted by atomic mass is 9.94. The molecule has 5 rings (SSSR count). The van der Waals surface area contributed by atoms with Crippen LogP contribution in [0.15, 0.2) is 66.7 Å². The molecule has 15 heteroatoms. The van der Waals surface area contributed by atoms with E-state index in [0.717, 1.165) is 27.6 Å². The van der Waals surface area contributed by atoms with Crippen LogP contribution in [0.3, 0.4) is 0 Å². The first-order valence-corrected chi connectivity index (χ1v) is 16.0. The molecule has 236 valence electrons. The Morgan fingerprint density at radius 2 is 1.43 bits per heavy atom. The number of nitrogens with one attached hydrogen (secondary N) is 2. The summed E-state index contributed by atoms with van der Waals surface area (Å²) in [5.41, 5.74) is -1.09.